The van der Waals surface area contributed by atoms with E-state index in [1.165, 1.54) is 6.07 Å². The number of rotatable bonds is 5. The average Bonchev–Trinajstić information content (AvgIpc) is 2.86. The lowest BCUT2D eigenvalue weighted by Crippen LogP contribution is -2.44. The first-order chi connectivity index (χ1) is 11.2. The van der Waals surface area contributed by atoms with Gasteiger partial charge in [0.2, 0.25) is 0 Å². The minimum atomic E-state index is -2.86. The molecule has 1 aliphatic rings. The summed E-state index contributed by atoms with van der Waals surface area (Å²) in [5.74, 6) is 1.03. The maximum absolute atomic E-state index is 13.4. The molecule has 1 atom stereocenters. The van der Waals surface area contributed by atoms with E-state index in [1.54, 1.807) is 19.2 Å². The highest BCUT2D eigenvalue weighted by atomic mass is 127. The molecule has 1 aliphatic heterocycles. The standard InChI is InChI=1S/C17H26FN3O2S.HI/c1-17(2,14-5-4-6-15(18)9-14)12-21-16(19-3)20-10-13-7-8-24(22,23)11-13;/h4-6,9,13H,7-8,10-12H2,1-3H3,(H2,19,20,21);1H. The number of aliphatic imine (C=N–C) groups is 1. The van der Waals surface area contributed by atoms with Gasteiger partial charge in [0.1, 0.15) is 5.82 Å². The van der Waals surface area contributed by atoms with Crippen molar-refractivity contribution in [2.75, 3.05) is 31.6 Å². The van der Waals surface area contributed by atoms with Crippen molar-refractivity contribution in [3.63, 3.8) is 0 Å². The van der Waals surface area contributed by atoms with E-state index in [2.05, 4.69) is 15.6 Å². The fourth-order valence-corrected chi connectivity index (χ4v) is 4.67. The highest BCUT2D eigenvalue weighted by molar-refractivity contribution is 14.0. The fraction of sp³-hybridized carbons (Fsp3) is 0.588. The van der Waals surface area contributed by atoms with Crippen LogP contribution in [0.2, 0.25) is 0 Å². The van der Waals surface area contributed by atoms with Gasteiger partial charge in [0.15, 0.2) is 15.8 Å². The maximum Gasteiger partial charge on any atom is 0.191 e. The summed E-state index contributed by atoms with van der Waals surface area (Å²) in [5.41, 5.74) is 0.642. The van der Waals surface area contributed by atoms with E-state index in [4.69, 9.17) is 0 Å². The Morgan fingerprint density at radius 2 is 2.08 bits per heavy atom. The zero-order chi connectivity index (χ0) is 17.8. The molecule has 8 heteroatoms. The minimum Gasteiger partial charge on any atom is -0.356 e. The van der Waals surface area contributed by atoms with Gasteiger partial charge < -0.3 is 10.6 Å². The molecule has 25 heavy (non-hydrogen) atoms. The number of nitrogens with one attached hydrogen (secondary N) is 2. The summed E-state index contributed by atoms with van der Waals surface area (Å²) in [6.07, 6.45) is 0.696. The molecule has 1 saturated heterocycles. The first-order valence-electron chi connectivity index (χ1n) is 8.13. The van der Waals surface area contributed by atoms with Crippen molar-refractivity contribution in [3.8, 4) is 0 Å². The Balaban J connectivity index is 0.00000312. The molecule has 1 unspecified atom stereocenters. The van der Waals surface area contributed by atoms with E-state index in [0.29, 0.717) is 25.5 Å². The number of sulfone groups is 1. The number of nitrogens with zero attached hydrogens (tertiary/aromatic N) is 1. The normalized spacial score (nSPS) is 20.0. The topological polar surface area (TPSA) is 70.6 Å². The molecule has 2 N–H and O–H groups in total. The van der Waals surface area contributed by atoms with Gasteiger partial charge in [-0.15, -0.1) is 24.0 Å². The van der Waals surface area contributed by atoms with Gasteiger partial charge in [-0.1, -0.05) is 26.0 Å². The molecule has 2 rings (SSSR count). The lowest BCUT2D eigenvalue weighted by Gasteiger charge is -2.27. The van der Waals surface area contributed by atoms with Gasteiger partial charge in [0, 0.05) is 25.6 Å². The van der Waals surface area contributed by atoms with Crippen LogP contribution in [0.25, 0.3) is 0 Å². The van der Waals surface area contributed by atoms with Crippen LogP contribution in [0.3, 0.4) is 0 Å². The second-order valence-corrected chi connectivity index (χ2v) is 9.20. The van der Waals surface area contributed by atoms with Crippen molar-refractivity contribution in [2.24, 2.45) is 10.9 Å². The van der Waals surface area contributed by atoms with E-state index in [0.717, 1.165) is 5.56 Å². The monoisotopic (exact) mass is 483 g/mol. The molecule has 0 saturated carbocycles. The molecule has 1 aromatic carbocycles. The quantitative estimate of drug-likeness (QED) is 0.383. The SMILES string of the molecule is CN=C(NCC1CCS(=O)(=O)C1)NCC(C)(C)c1cccc(F)c1.I. The second kappa shape index (κ2) is 9.16. The van der Waals surface area contributed by atoms with Gasteiger partial charge in [0.25, 0.3) is 0 Å². The second-order valence-electron chi connectivity index (χ2n) is 6.97. The lowest BCUT2D eigenvalue weighted by molar-refractivity contribution is 0.499. The van der Waals surface area contributed by atoms with Gasteiger partial charge >= 0.3 is 0 Å². The Kier molecular flexibility index (Phi) is 8.11. The molecule has 1 fully saturated rings. The Hall–Kier alpha value is -0.900. The Labute approximate surface area is 166 Å². The molecule has 0 amide bonds. The first-order valence-corrected chi connectivity index (χ1v) is 9.95. The van der Waals surface area contributed by atoms with Crippen molar-refractivity contribution in [1.29, 1.82) is 0 Å². The molecule has 0 aromatic heterocycles. The summed E-state index contributed by atoms with van der Waals surface area (Å²) in [4.78, 5) is 4.17. The highest BCUT2D eigenvalue weighted by Gasteiger charge is 2.28. The van der Waals surface area contributed by atoms with Gasteiger partial charge in [-0.3, -0.25) is 4.99 Å². The molecular weight excluding hydrogens is 456 g/mol. The van der Waals surface area contributed by atoms with Crippen molar-refractivity contribution >= 4 is 39.8 Å². The fourth-order valence-electron chi connectivity index (χ4n) is 2.81. The number of guanidine groups is 1. The summed E-state index contributed by atoms with van der Waals surface area (Å²) in [5, 5.41) is 6.42. The van der Waals surface area contributed by atoms with E-state index < -0.39 is 9.84 Å². The van der Waals surface area contributed by atoms with Crippen LogP contribution >= 0.6 is 24.0 Å². The van der Waals surface area contributed by atoms with Crippen molar-refractivity contribution < 1.29 is 12.8 Å². The van der Waals surface area contributed by atoms with Crippen molar-refractivity contribution in [3.05, 3.63) is 35.6 Å². The number of hydrogen-bond acceptors (Lipinski definition) is 3. The molecule has 0 radical (unpaired) electrons. The largest absolute Gasteiger partial charge is 0.356 e. The van der Waals surface area contributed by atoms with Crippen LogP contribution < -0.4 is 10.6 Å². The minimum absolute atomic E-state index is 0. The Bertz CT molecular complexity index is 708. The van der Waals surface area contributed by atoms with E-state index in [1.807, 2.05) is 19.9 Å². The van der Waals surface area contributed by atoms with E-state index in [9.17, 15) is 12.8 Å². The average molecular weight is 483 g/mol. The molecule has 0 bridgehead atoms. The van der Waals surface area contributed by atoms with Crippen LogP contribution in [-0.4, -0.2) is 46.0 Å². The van der Waals surface area contributed by atoms with Crippen LogP contribution in [0.5, 0.6) is 0 Å². The predicted octanol–water partition coefficient (Wildman–Crippen LogP) is 2.32. The summed E-state index contributed by atoms with van der Waals surface area (Å²) < 4.78 is 36.4. The van der Waals surface area contributed by atoms with Gasteiger partial charge in [-0.2, -0.15) is 0 Å². The van der Waals surface area contributed by atoms with Crippen LogP contribution in [0.1, 0.15) is 25.8 Å². The molecule has 0 spiro atoms. The smallest absolute Gasteiger partial charge is 0.191 e. The summed E-state index contributed by atoms with van der Waals surface area (Å²) >= 11 is 0. The van der Waals surface area contributed by atoms with E-state index in [-0.39, 0.29) is 52.6 Å². The van der Waals surface area contributed by atoms with Gasteiger partial charge in [0.05, 0.1) is 11.5 Å². The third-order valence-electron chi connectivity index (χ3n) is 4.41. The maximum atomic E-state index is 13.4. The van der Waals surface area contributed by atoms with Crippen LogP contribution in [-0.2, 0) is 15.3 Å². The van der Waals surface area contributed by atoms with Gasteiger partial charge in [-0.25, -0.2) is 12.8 Å². The summed E-state index contributed by atoms with van der Waals surface area (Å²) in [6.45, 7) is 5.23. The zero-order valence-electron chi connectivity index (χ0n) is 14.9. The number of hydrogen-bond donors (Lipinski definition) is 2. The van der Waals surface area contributed by atoms with Crippen LogP contribution in [0, 0.1) is 11.7 Å². The van der Waals surface area contributed by atoms with Crippen LogP contribution in [0.4, 0.5) is 4.39 Å². The lowest BCUT2D eigenvalue weighted by atomic mass is 9.84. The van der Waals surface area contributed by atoms with E-state index >= 15 is 0 Å². The number of halogens is 2. The Morgan fingerprint density at radius 1 is 1.36 bits per heavy atom. The molecule has 142 valence electrons. The van der Waals surface area contributed by atoms with Gasteiger partial charge in [-0.05, 0) is 30.0 Å². The highest BCUT2D eigenvalue weighted by Crippen LogP contribution is 2.23. The molecule has 0 aliphatic carbocycles. The molecule has 1 aromatic rings. The van der Waals surface area contributed by atoms with Crippen LogP contribution in [0.15, 0.2) is 29.3 Å². The van der Waals surface area contributed by atoms with Crippen molar-refractivity contribution in [2.45, 2.75) is 25.7 Å². The third-order valence-corrected chi connectivity index (χ3v) is 6.25. The third kappa shape index (κ3) is 6.73. The Morgan fingerprint density at radius 3 is 2.64 bits per heavy atom. The predicted molar refractivity (Wildman–Crippen MR) is 111 cm³/mol. The first kappa shape index (κ1) is 22.1. The summed E-state index contributed by atoms with van der Waals surface area (Å²) in [7, 11) is -1.19. The molecular formula is C17H27FIN3O2S. The summed E-state index contributed by atoms with van der Waals surface area (Å²) in [6, 6.07) is 6.59. The number of benzene rings is 1. The zero-order valence-corrected chi connectivity index (χ0v) is 18.0. The molecule has 5 nitrogen and oxygen atoms in total. The van der Waals surface area contributed by atoms with Crippen molar-refractivity contribution in [1.82, 2.24) is 10.6 Å². The molecule has 1 heterocycles.